The molecule has 6 nitrogen and oxygen atoms in total. The maximum atomic E-state index is 13.1. The molecule has 1 aromatic carbocycles. The largest absolute Gasteiger partial charge is 0.367 e. The zero-order chi connectivity index (χ0) is 20.9. The van der Waals surface area contributed by atoms with Gasteiger partial charge in [-0.05, 0) is 62.6 Å². The summed E-state index contributed by atoms with van der Waals surface area (Å²) < 4.78 is 13.1. The van der Waals surface area contributed by atoms with Crippen molar-refractivity contribution in [3.8, 4) is 0 Å². The predicted octanol–water partition coefficient (Wildman–Crippen LogP) is 4.06. The number of nitrogens with one attached hydrogen (secondary N) is 2. The number of halogens is 1. The summed E-state index contributed by atoms with van der Waals surface area (Å²) >= 11 is 0. The average Bonchev–Trinajstić information content (AvgIpc) is 3.57. The van der Waals surface area contributed by atoms with Crippen LogP contribution in [0.1, 0.15) is 57.1 Å². The number of aromatic nitrogens is 2. The van der Waals surface area contributed by atoms with E-state index < -0.39 is 0 Å². The molecule has 0 unspecified atom stereocenters. The van der Waals surface area contributed by atoms with Crippen molar-refractivity contribution in [3.63, 3.8) is 0 Å². The maximum Gasteiger partial charge on any atom is 0.220 e. The molecule has 1 amide bonds. The van der Waals surface area contributed by atoms with Crippen molar-refractivity contribution in [1.29, 1.82) is 0 Å². The van der Waals surface area contributed by atoms with E-state index in [0.717, 1.165) is 49.6 Å². The third-order valence-electron chi connectivity index (χ3n) is 5.95. The molecular formula is C23H30FN5O. The Kier molecular flexibility index (Phi) is 6.45. The van der Waals surface area contributed by atoms with Crippen molar-refractivity contribution in [1.82, 2.24) is 15.3 Å². The molecule has 4 rings (SSSR count). The lowest BCUT2D eigenvalue weighted by atomic mass is 9.93. The number of carbonyl (C=O) groups is 1. The summed E-state index contributed by atoms with van der Waals surface area (Å²) in [4.78, 5) is 23.5. The van der Waals surface area contributed by atoms with Crippen LogP contribution in [0.25, 0.3) is 0 Å². The predicted molar refractivity (Wildman–Crippen MR) is 116 cm³/mol. The Hall–Kier alpha value is -2.70. The van der Waals surface area contributed by atoms with Gasteiger partial charge in [0, 0.05) is 31.6 Å². The minimum Gasteiger partial charge on any atom is -0.367 e. The number of amides is 1. The Labute approximate surface area is 177 Å². The third-order valence-corrected chi connectivity index (χ3v) is 5.95. The van der Waals surface area contributed by atoms with E-state index in [0.29, 0.717) is 18.4 Å². The molecule has 30 heavy (non-hydrogen) atoms. The van der Waals surface area contributed by atoms with Crippen LogP contribution in [0.15, 0.2) is 36.7 Å². The van der Waals surface area contributed by atoms with Gasteiger partial charge in [-0.2, -0.15) is 0 Å². The minimum absolute atomic E-state index is 0.0434. The van der Waals surface area contributed by atoms with E-state index in [1.165, 1.54) is 25.0 Å². The van der Waals surface area contributed by atoms with E-state index >= 15 is 0 Å². The van der Waals surface area contributed by atoms with Gasteiger partial charge in [-0.25, -0.2) is 14.4 Å². The molecule has 2 heterocycles. The lowest BCUT2D eigenvalue weighted by Gasteiger charge is -2.33. The van der Waals surface area contributed by atoms with E-state index in [1.807, 2.05) is 13.0 Å². The molecule has 1 aliphatic heterocycles. The molecule has 0 bridgehead atoms. The average molecular weight is 412 g/mol. The topological polar surface area (TPSA) is 70.2 Å². The Bertz CT molecular complexity index is 855. The van der Waals surface area contributed by atoms with Crippen LogP contribution >= 0.6 is 0 Å². The fraction of sp³-hybridized carbons (Fsp3) is 0.522. The summed E-state index contributed by atoms with van der Waals surface area (Å²) in [5.41, 5.74) is 0.910. The van der Waals surface area contributed by atoms with Crippen LogP contribution in [0.5, 0.6) is 0 Å². The number of piperidine rings is 1. The molecule has 1 saturated carbocycles. The molecule has 0 spiro atoms. The highest BCUT2D eigenvalue weighted by Crippen LogP contribution is 2.28. The Balaban J connectivity index is 1.25. The summed E-state index contributed by atoms with van der Waals surface area (Å²) in [5, 5.41) is 6.46. The van der Waals surface area contributed by atoms with Crippen molar-refractivity contribution in [2.45, 2.75) is 57.5 Å². The lowest BCUT2D eigenvalue weighted by molar-refractivity contribution is -0.122. The summed E-state index contributed by atoms with van der Waals surface area (Å²) in [7, 11) is 0. The van der Waals surface area contributed by atoms with Crippen molar-refractivity contribution < 1.29 is 9.18 Å². The van der Waals surface area contributed by atoms with Crippen molar-refractivity contribution in [2.24, 2.45) is 5.92 Å². The van der Waals surface area contributed by atoms with Gasteiger partial charge >= 0.3 is 0 Å². The first-order chi connectivity index (χ1) is 14.6. The number of hydrogen-bond acceptors (Lipinski definition) is 5. The SMILES string of the molecule is C[C@H](NC(=O)CC[C@H]1CCCN(c2cc(NC3CC3)ncn2)C1)c1ccc(F)cc1. The van der Waals surface area contributed by atoms with Crippen LogP contribution in [0.2, 0.25) is 0 Å². The molecule has 160 valence electrons. The van der Waals surface area contributed by atoms with Gasteiger partial charge in [-0.1, -0.05) is 12.1 Å². The van der Waals surface area contributed by atoms with Gasteiger partial charge in [0.25, 0.3) is 0 Å². The van der Waals surface area contributed by atoms with Crippen molar-refractivity contribution in [2.75, 3.05) is 23.3 Å². The first kappa shape index (κ1) is 20.6. The second-order valence-corrected chi connectivity index (χ2v) is 8.51. The van der Waals surface area contributed by atoms with E-state index in [9.17, 15) is 9.18 Å². The standard InChI is InChI=1S/C23H30FN5O/c1-16(18-5-7-19(24)8-6-18)27-23(30)11-4-17-3-2-12-29(14-17)22-13-21(25-15-26-22)28-20-9-10-20/h5-8,13,15-17,20H,2-4,9-12,14H2,1H3,(H,27,30)(H,25,26,28)/t16-,17+/m0/s1. The summed E-state index contributed by atoms with van der Waals surface area (Å²) in [6, 6.07) is 8.76. The first-order valence-electron chi connectivity index (χ1n) is 10.9. The molecule has 1 saturated heterocycles. The zero-order valence-electron chi connectivity index (χ0n) is 17.5. The molecule has 2 fully saturated rings. The fourth-order valence-corrected chi connectivity index (χ4v) is 4.03. The number of rotatable bonds is 8. The third kappa shape index (κ3) is 5.68. The quantitative estimate of drug-likeness (QED) is 0.685. The molecule has 2 aliphatic rings. The van der Waals surface area contributed by atoms with Gasteiger partial charge in [0.15, 0.2) is 0 Å². The van der Waals surface area contributed by atoms with Crippen LogP contribution in [0.3, 0.4) is 0 Å². The van der Waals surface area contributed by atoms with Crippen LogP contribution in [0.4, 0.5) is 16.0 Å². The van der Waals surface area contributed by atoms with Gasteiger partial charge in [0.2, 0.25) is 5.91 Å². The normalized spacial score (nSPS) is 19.9. The molecule has 0 radical (unpaired) electrons. The second kappa shape index (κ2) is 9.41. The number of benzene rings is 1. The van der Waals surface area contributed by atoms with Crippen LogP contribution < -0.4 is 15.5 Å². The monoisotopic (exact) mass is 411 g/mol. The Morgan fingerprint density at radius 3 is 2.80 bits per heavy atom. The van der Waals surface area contributed by atoms with Crippen LogP contribution in [-0.2, 0) is 4.79 Å². The van der Waals surface area contributed by atoms with Crippen molar-refractivity contribution >= 4 is 17.5 Å². The molecular weight excluding hydrogens is 381 g/mol. The molecule has 1 aliphatic carbocycles. The molecule has 2 aromatic rings. The van der Waals surface area contributed by atoms with Gasteiger partial charge in [-0.3, -0.25) is 4.79 Å². The van der Waals surface area contributed by atoms with E-state index in [2.05, 4.69) is 25.5 Å². The second-order valence-electron chi connectivity index (χ2n) is 8.51. The highest BCUT2D eigenvalue weighted by atomic mass is 19.1. The van der Waals surface area contributed by atoms with Gasteiger partial charge in [-0.15, -0.1) is 0 Å². The summed E-state index contributed by atoms with van der Waals surface area (Å²) in [5.74, 6) is 2.12. The minimum atomic E-state index is -0.266. The number of anilines is 2. The molecule has 1 aromatic heterocycles. The van der Waals surface area contributed by atoms with Crippen LogP contribution in [0, 0.1) is 11.7 Å². The number of hydrogen-bond donors (Lipinski definition) is 2. The summed E-state index contributed by atoms with van der Waals surface area (Å²) in [6.07, 6.45) is 7.66. The highest BCUT2D eigenvalue weighted by Gasteiger charge is 2.24. The van der Waals surface area contributed by atoms with E-state index in [-0.39, 0.29) is 17.8 Å². The summed E-state index contributed by atoms with van der Waals surface area (Å²) in [6.45, 7) is 3.83. The van der Waals surface area contributed by atoms with E-state index in [4.69, 9.17) is 0 Å². The number of carbonyl (C=O) groups excluding carboxylic acids is 1. The van der Waals surface area contributed by atoms with Crippen molar-refractivity contribution in [3.05, 3.63) is 48.0 Å². The maximum absolute atomic E-state index is 13.1. The van der Waals surface area contributed by atoms with Crippen LogP contribution in [-0.4, -0.2) is 35.0 Å². The highest BCUT2D eigenvalue weighted by molar-refractivity contribution is 5.76. The molecule has 7 heteroatoms. The van der Waals surface area contributed by atoms with E-state index in [1.54, 1.807) is 18.5 Å². The first-order valence-corrected chi connectivity index (χ1v) is 10.9. The number of nitrogens with zero attached hydrogens (tertiary/aromatic N) is 3. The van der Waals surface area contributed by atoms with Gasteiger partial charge in [0.1, 0.15) is 23.8 Å². The Morgan fingerprint density at radius 1 is 1.23 bits per heavy atom. The lowest BCUT2D eigenvalue weighted by Crippen LogP contribution is -2.36. The smallest absolute Gasteiger partial charge is 0.220 e. The zero-order valence-corrected chi connectivity index (χ0v) is 17.5. The van der Waals surface area contributed by atoms with Gasteiger partial charge < -0.3 is 15.5 Å². The Morgan fingerprint density at radius 2 is 2.03 bits per heavy atom. The molecule has 2 atom stereocenters. The fourth-order valence-electron chi connectivity index (χ4n) is 4.03. The van der Waals surface area contributed by atoms with Gasteiger partial charge in [0.05, 0.1) is 6.04 Å². The molecule has 2 N–H and O–H groups in total.